The predicted octanol–water partition coefficient (Wildman–Crippen LogP) is 4.52. The van der Waals surface area contributed by atoms with Crippen LogP contribution in [0.1, 0.15) is 17.2 Å². The van der Waals surface area contributed by atoms with E-state index in [2.05, 4.69) is 15.9 Å². The van der Waals surface area contributed by atoms with Crippen molar-refractivity contribution in [2.45, 2.75) is 12.5 Å². The van der Waals surface area contributed by atoms with Crippen LogP contribution in [0.4, 0.5) is 4.39 Å². The van der Waals surface area contributed by atoms with Gasteiger partial charge in [0, 0.05) is 15.9 Å². The van der Waals surface area contributed by atoms with Crippen molar-refractivity contribution < 1.29 is 9.50 Å². The fourth-order valence-electron chi connectivity index (χ4n) is 1.75. The quantitative estimate of drug-likeness (QED) is 0.878. The molecule has 0 bridgehead atoms. The zero-order chi connectivity index (χ0) is 13.1. The van der Waals surface area contributed by atoms with Gasteiger partial charge in [0.25, 0.3) is 0 Å². The molecule has 0 fully saturated rings. The van der Waals surface area contributed by atoms with Crippen molar-refractivity contribution in [3.8, 4) is 0 Å². The first-order chi connectivity index (χ1) is 8.58. The van der Waals surface area contributed by atoms with Gasteiger partial charge in [-0.1, -0.05) is 51.8 Å². The third kappa shape index (κ3) is 3.10. The van der Waals surface area contributed by atoms with Gasteiger partial charge in [0.1, 0.15) is 5.82 Å². The van der Waals surface area contributed by atoms with Crippen LogP contribution >= 0.6 is 27.5 Å². The summed E-state index contributed by atoms with van der Waals surface area (Å²) in [5.74, 6) is -0.338. The highest BCUT2D eigenvalue weighted by Gasteiger charge is 2.14. The van der Waals surface area contributed by atoms with Gasteiger partial charge in [0.05, 0.1) is 6.10 Å². The van der Waals surface area contributed by atoms with Gasteiger partial charge < -0.3 is 5.11 Å². The largest absolute Gasteiger partial charge is 0.388 e. The molecule has 0 amide bonds. The molecule has 0 saturated carbocycles. The molecule has 0 heterocycles. The van der Waals surface area contributed by atoms with Crippen LogP contribution in [0.3, 0.4) is 0 Å². The first kappa shape index (κ1) is 13.5. The Balaban J connectivity index is 2.21. The number of aliphatic hydroxyl groups is 1. The Labute approximate surface area is 118 Å². The summed E-state index contributed by atoms with van der Waals surface area (Å²) in [6.45, 7) is 0. The van der Waals surface area contributed by atoms with Crippen molar-refractivity contribution in [2.75, 3.05) is 0 Å². The highest BCUT2D eigenvalue weighted by Crippen LogP contribution is 2.26. The average molecular weight is 330 g/mol. The fraction of sp³-hybridized carbons (Fsp3) is 0.143. The van der Waals surface area contributed by atoms with Crippen molar-refractivity contribution >= 4 is 27.5 Å². The van der Waals surface area contributed by atoms with Crippen molar-refractivity contribution in [2.24, 2.45) is 0 Å². The molecule has 0 saturated heterocycles. The lowest BCUT2D eigenvalue weighted by atomic mass is 10.0. The monoisotopic (exact) mass is 328 g/mol. The van der Waals surface area contributed by atoms with E-state index in [1.165, 1.54) is 6.07 Å². The van der Waals surface area contributed by atoms with Crippen LogP contribution in [0.25, 0.3) is 0 Å². The summed E-state index contributed by atoms with van der Waals surface area (Å²) in [5.41, 5.74) is 1.08. The van der Waals surface area contributed by atoms with Crippen molar-refractivity contribution in [1.29, 1.82) is 0 Å². The number of halogens is 3. The normalized spacial score (nSPS) is 12.4. The van der Waals surface area contributed by atoms with Crippen molar-refractivity contribution in [3.63, 3.8) is 0 Å². The molecular weight excluding hydrogens is 319 g/mol. The van der Waals surface area contributed by atoms with Crippen LogP contribution in [-0.4, -0.2) is 5.11 Å². The van der Waals surface area contributed by atoms with E-state index in [0.29, 0.717) is 20.6 Å². The SMILES string of the molecule is OC(Cc1ccc(Br)cc1F)c1ccccc1Cl. The zero-order valence-electron chi connectivity index (χ0n) is 9.41. The summed E-state index contributed by atoms with van der Waals surface area (Å²) < 4.78 is 14.3. The maximum atomic E-state index is 13.7. The number of rotatable bonds is 3. The van der Waals surface area contributed by atoms with Gasteiger partial charge >= 0.3 is 0 Å². The van der Waals surface area contributed by atoms with Crippen LogP contribution in [-0.2, 0) is 6.42 Å². The van der Waals surface area contributed by atoms with Crippen LogP contribution in [0.15, 0.2) is 46.9 Å². The van der Waals surface area contributed by atoms with Crippen LogP contribution < -0.4 is 0 Å². The Morgan fingerprint density at radius 3 is 2.61 bits per heavy atom. The molecule has 0 aliphatic rings. The fourth-order valence-corrected chi connectivity index (χ4v) is 2.35. The van der Waals surface area contributed by atoms with Crippen molar-refractivity contribution in [3.05, 3.63) is 68.9 Å². The zero-order valence-corrected chi connectivity index (χ0v) is 11.7. The maximum Gasteiger partial charge on any atom is 0.127 e. The van der Waals surface area contributed by atoms with Gasteiger partial charge in [-0.2, -0.15) is 0 Å². The summed E-state index contributed by atoms with van der Waals surface area (Å²) in [6.07, 6.45) is -0.613. The second kappa shape index (κ2) is 5.83. The maximum absolute atomic E-state index is 13.7. The molecule has 2 aromatic rings. The molecule has 1 nitrogen and oxygen atoms in total. The van der Waals surface area contributed by atoms with E-state index in [4.69, 9.17) is 11.6 Å². The molecule has 0 aliphatic heterocycles. The molecule has 0 aromatic heterocycles. The van der Waals surface area contributed by atoms with Crippen LogP contribution in [0.2, 0.25) is 5.02 Å². The van der Waals surface area contributed by atoms with Gasteiger partial charge in [-0.05, 0) is 29.3 Å². The first-order valence-electron chi connectivity index (χ1n) is 5.44. The van der Waals surface area contributed by atoms with Crippen LogP contribution in [0.5, 0.6) is 0 Å². The van der Waals surface area contributed by atoms with E-state index in [0.717, 1.165) is 0 Å². The molecule has 4 heteroatoms. The smallest absolute Gasteiger partial charge is 0.127 e. The van der Waals surface area contributed by atoms with Gasteiger partial charge in [-0.3, -0.25) is 0 Å². The molecule has 2 aromatic carbocycles. The van der Waals surface area contributed by atoms with Gasteiger partial charge in [0.15, 0.2) is 0 Å². The highest BCUT2D eigenvalue weighted by atomic mass is 79.9. The lowest BCUT2D eigenvalue weighted by Crippen LogP contribution is -2.04. The summed E-state index contributed by atoms with van der Waals surface area (Å²) in [7, 11) is 0. The van der Waals surface area contributed by atoms with E-state index in [1.807, 2.05) is 0 Å². The Morgan fingerprint density at radius 2 is 1.94 bits per heavy atom. The van der Waals surface area contributed by atoms with E-state index < -0.39 is 6.10 Å². The summed E-state index contributed by atoms with van der Waals surface area (Å²) in [4.78, 5) is 0. The van der Waals surface area contributed by atoms with Crippen LogP contribution in [0, 0.1) is 5.82 Å². The summed E-state index contributed by atoms with van der Waals surface area (Å²) in [5, 5.41) is 10.6. The second-order valence-electron chi connectivity index (χ2n) is 3.98. The minimum Gasteiger partial charge on any atom is -0.388 e. The molecule has 1 unspecified atom stereocenters. The molecule has 94 valence electrons. The topological polar surface area (TPSA) is 20.2 Å². The van der Waals surface area contributed by atoms with E-state index in [1.54, 1.807) is 36.4 Å². The molecular formula is C14H11BrClFO. The summed E-state index contributed by atoms with van der Waals surface area (Å²) >= 11 is 9.18. The third-order valence-corrected chi connectivity index (χ3v) is 3.53. The molecule has 1 atom stereocenters. The third-order valence-electron chi connectivity index (χ3n) is 2.69. The highest BCUT2D eigenvalue weighted by molar-refractivity contribution is 9.10. The summed E-state index contributed by atoms with van der Waals surface area (Å²) in [6, 6.07) is 11.8. The number of aliphatic hydroxyl groups excluding tert-OH is 1. The van der Waals surface area contributed by atoms with Crippen molar-refractivity contribution in [1.82, 2.24) is 0 Å². The standard InChI is InChI=1S/C14H11BrClFO/c15-10-6-5-9(13(17)8-10)7-14(18)11-3-1-2-4-12(11)16/h1-6,8,14,18H,7H2. The second-order valence-corrected chi connectivity index (χ2v) is 5.30. The minimum absolute atomic E-state index is 0.197. The molecule has 1 N–H and O–H groups in total. The predicted molar refractivity (Wildman–Crippen MR) is 74.2 cm³/mol. The lowest BCUT2D eigenvalue weighted by molar-refractivity contribution is 0.177. The Morgan fingerprint density at radius 1 is 1.22 bits per heavy atom. The van der Waals surface area contributed by atoms with E-state index in [9.17, 15) is 9.50 Å². The molecule has 0 aliphatic carbocycles. The Hall–Kier alpha value is -0.900. The molecule has 2 rings (SSSR count). The van der Waals surface area contributed by atoms with Gasteiger partial charge in [0.2, 0.25) is 0 Å². The first-order valence-corrected chi connectivity index (χ1v) is 6.61. The molecule has 18 heavy (non-hydrogen) atoms. The minimum atomic E-state index is -0.811. The number of benzene rings is 2. The molecule has 0 radical (unpaired) electrons. The number of hydrogen-bond acceptors (Lipinski definition) is 1. The number of hydrogen-bond donors (Lipinski definition) is 1. The van der Waals surface area contributed by atoms with E-state index in [-0.39, 0.29) is 12.2 Å². The lowest BCUT2D eigenvalue weighted by Gasteiger charge is -2.13. The Bertz CT molecular complexity index is 559. The Kier molecular flexibility index (Phi) is 4.38. The van der Waals surface area contributed by atoms with Gasteiger partial charge in [-0.25, -0.2) is 4.39 Å². The van der Waals surface area contributed by atoms with E-state index >= 15 is 0 Å². The molecule has 0 spiro atoms. The van der Waals surface area contributed by atoms with Gasteiger partial charge in [-0.15, -0.1) is 0 Å². The average Bonchev–Trinajstić information content (AvgIpc) is 2.33.